The normalized spacial score (nSPS) is 17.0. The first kappa shape index (κ1) is 19.4. The van der Waals surface area contributed by atoms with Crippen molar-refractivity contribution in [1.29, 1.82) is 0 Å². The zero-order valence-electron chi connectivity index (χ0n) is 13.9. The smallest absolute Gasteiger partial charge is 1.00 e. The van der Waals surface area contributed by atoms with Gasteiger partial charge in [-0.3, -0.25) is 0 Å². The fourth-order valence-electron chi connectivity index (χ4n) is 3.49. The summed E-state index contributed by atoms with van der Waals surface area (Å²) in [4.78, 5) is 0. The van der Waals surface area contributed by atoms with E-state index < -0.39 is 23.2 Å². The number of allylic oxidation sites excluding steroid dienone is 5. The average molecular weight is 459 g/mol. The molecular formula is C21H16Cl2N2Zr. The minimum Gasteiger partial charge on any atom is -1.00 e. The Bertz CT molecular complexity index is 1000. The van der Waals surface area contributed by atoms with E-state index in [-0.39, 0.29) is 24.8 Å². The Kier molecular flexibility index (Phi) is 6.02. The molecule has 5 heteroatoms. The Morgan fingerprint density at radius 3 is 2.62 bits per heavy atom. The number of aromatic nitrogens is 2. The molecule has 0 bridgehead atoms. The van der Waals surface area contributed by atoms with Crippen LogP contribution in [0.1, 0.15) is 21.2 Å². The monoisotopic (exact) mass is 456 g/mol. The van der Waals surface area contributed by atoms with Gasteiger partial charge in [-0.2, -0.15) is 0 Å². The molecule has 128 valence electrons. The van der Waals surface area contributed by atoms with E-state index in [1.54, 1.807) is 3.28 Å². The molecule has 0 fully saturated rings. The van der Waals surface area contributed by atoms with Gasteiger partial charge in [0.25, 0.3) is 0 Å². The van der Waals surface area contributed by atoms with Crippen LogP contribution in [0.5, 0.6) is 0 Å². The molecule has 0 radical (unpaired) electrons. The van der Waals surface area contributed by atoms with Crippen molar-refractivity contribution in [2.45, 2.75) is 10.0 Å². The fourth-order valence-corrected chi connectivity index (χ4v) is 7.38. The predicted molar refractivity (Wildman–Crippen MR) is 94.9 cm³/mol. The summed E-state index contributed by atoms with van der Waals surface area (Å²) in [5, 5.41) is 6.05. The molecule has 0 saturated heterocycles. The summed E-state index contributed by atoms with van der Waals surface area (Å²) < 4.78 is 4.34. The van der Waals surface area contributed by atoms with Gasteiger partial charge in [0.05, 0.1) is 0 Å². The standard InChI is InChI=1S/C16H11N2.C5H5.2ClH.Zr/c1-2-6-13-10-15(9-12(13)5-1)18-11-14-7-3-4-8-16(14)17-18;1-2-4-5-3-1;;;/h1-11H;1-3H,4H2;2*1H;/q;;;;+2/p-2. The molecule has 0 amide bonds. The minimum atomic E-state index is -0.730. The van der Waals surface area contributed by atoms with Crippen molar-refractivity contribution in [1.82, 2.24) is 9.78 Å². The molecule has 1 atom stereocenters. The molecule has 0 aliphatic heterocycles. The molecular weight excluding hydrogens is 442 g/mol. The van der Waals surface area contributed by atoms with Crippen LogP contribution in [0.15, 0.2) is 76.2 Å². The number of fused-ring (bicyclic) bond motifs is 2. The Morgan fingerprint density at radius 1 is 1.00 bits per heavy atom. The number of nitrogens with zero attached hydrogens (tertiary/aromatic N) is 2. The maximum Gasteiger partial charge on any atom is -1.00 e. The van der Waals surface area contributed by atoms with E-state index in [0.717, 1.165) is 11.9 Å². The summed E-state index contributed by atoms with van der Waals surface area (Å²) >= 11 is -0.730. The first-order valence-electron chi connectivity index (χ1n) is 8.26. The molecule has 3 aromatic rings. The van der Waals surface area contributed by atoms with Crippen molar-refractivity contribution in [3.05, 3.63) is 87.4 Å². The average Bonchev–Trinajstić information content (AvgIpc) is 3.33. The van der Waals surface area contributed by atoms with E-state index >= 15 is 0 Å². The van der Waals surface area contributed by atoms with Crippen LogP contribution in [0.25, 0.3) is 22.7 Å². The van der Waals surface area contributed by atoms with Crippen molar-refractivity contribution in [3.63, 3.8) is 0 Å². The van der Waals surface area contributed by atoms with Gasteiger partial charge in [-0.05, 0) is 0 Å². The molecule has 5 rings (SSSR count). The maximum absolute atomic E-state index is 4.84. The largest absolute Gasteiger partial charge is 1.00 e. The predicted octanol–water partition coefficient (Wildman–Crippen LogP) is -0.977. The third kappa shape index (κ3) is 3.41. The van der Waals surface area contributed by atoms with Crippen LogP contribution >= 0.6 is 0 Å². The van der Waals surface area contributed by atoms with Crippen LogP contribution in [0.2, 0.25) is 0 Å². The molecule has 2 aliphatic rings. The summed E-state index contributed by atoms with van der Waals surface area (Å²) in [5.74, 6) is 0. The van der Waals surface area contributed by atoms with Crippen LogP contribution in [0.4, 0.5) is 0 Å². The van der Waals surface area contributed by atoms with Gasteiger partial charge in [-0.1, -0.05) is 0 Å². The zero-order valence-corrected chi connectivity index (χ0v) is 17.9. The summed E-state index contributed by atoms with van der Waals surface area (Å²) in [6.07, 6.45) is 12.5. The quantitative estimate of drug-likeness (QED) is 0.494. The maximum atomic E-state index is 4.84. The molecule has 1 aromatic heterocycles. The van der Waals surface area contributed by atoms with E-state index in [1.165, 1.54) is 22.2 Å². The van der Waals surface area contributed by atoms with E-state index in [1.807, 2.05) is 0 Å². The SMILES string of the molecule is C1=CC[C]([Zr+2][CH]2C(n3cc4ccccc4n3)=Cc3ccccc32)=C1.[Cl-].[Cl-]. The molecule has 0 N–H and O–H groups in total. The Hall–Kier alpha value is -1.41. The van der Waals surface area contributed by atoms with E-state index in [4.69, 9.17) is 5.10 Å². The molecule has 0 saturated carbocycles. The third-order valence-electron chi connectivity index (χ3n) is 4.69. The van der Waals surface area contributed by atoms with Gasteiger partial charge in [0.2, 0.25) is 0 Å². The molecule has 2 nitrogen and oxygen atoms in total. The Labute approximate surface area is 177 Å². The topological polar surface area (TPSA) is 17.8 Å². The summed E-state index contributed by atoms with van der Waals surface area (Å²) in [6.45, 7) is 0. The van der Waals surface area contributed by atoms with Crippen LogP contribution in [-0.2, 0) is 23.2 Å². The number of hydrogen-bond donors (Lipinski definition) is 0. The van der Waals surface area contributed by atoms with Gasteiger partial charge < -0.3 is 24.8 Å². The molecule has 1 unspecified atom stereocenters. The fraction of sp³-hybridized carbons (Fsp3) is 0.0952. The van der Waals surface area contributed by atoms with Crippen LogP contribution < -0.4 is 24.8 Å². The number of rotatable bonds is 3. The van der Waals surface area contributed by atoms with Crippen molar-refractivity contribution >= 4 is 22.7 Å². The van der Waals surface area contributed by atoms with Crippen molar-refractivity contribution in [2.75, 3.05) is 0 Å². The minimum absolute atomic E-state index is 0. The summed E-state index contributed by atoms with van der Waals surface area (Å²) in [5.41, 5.74) is 5.28. The second-order valence-corrected chi connectivity index (χ2v) is 9.94. The van der Waals surface area contributed by atoms with Gasteiger partial charge >= 0.3 is 153 Å². The van der Waals surface area contributed by atoms with Crippen LogP contribution in [0, 0.1) is 0 Å². The second-order valence-electron chi connectivity index (χ2n) is 6.23. The molecule has 26 heavy (non-hydrogen) atoms. The first-order valence-corrected chi connectivity index (χ1v) is 10.9. The van der Waals surface area contributed by atoms with Crippen molar-refractivity contribution < 1.29 is 48.0 Å². The second kappa shape index (κ2) is 8.09. The first-order chi connectivity index (χ1) is 11.9. The summed E-state index contributed by atoms with van der Waals surface area (Å²) in [6, 6.07) is 17.2. The third-order valence-corrected chi connectivity index (χ3v) is 8.71. The van der Waals surface area contributed by atoms with E-state index in [9.17, 15) is 0 Å². The van der Waals surface area contributed by atoms with E-state index in [0.29, 0.717) is 3.63 Å². The van der Waals surface area contributed by atoms with Gasteiger partial charge in [-0.25, -0.2) is 0 Å². The molecule has 0 spiro atoms. The van der Waals surface area contributed by atoms with Crippen LogP contribution in [-0.4, -0.2) is 9.78 Å². The van der Waals surface area contributed by atoms with Gasteiger partial charge in [0.15, 0.2) is 0 Å². The number of hydrogen-bond acceptors (Lipinski definition) is 1. The van der Waals surface area contributed by atoms with Gasteiger partial charge in [0.1, 0.15) is 0 Å². The number of benzene rings is 2. The van der Waals surface area contributed by atoms with Gasteiger partial charge in [-0.15, -0.1) is 0 Å². The van der Waals surface area contributed by atoms with Crippen LogP contribution in [0.3, 0.4) is 0 Å². The molecule has 2 aromatic carbocycles. The van der Waals surface area contributed by atoms with E-state index in [2.05, 4.69) is 83.7 Å². The summed E-state index contributed by atoms with van der Waals surface area (Å²) in [7, 11) is 0. The Balaban J connectivity index is 0.000000980. The van der Waals surface area contributed by atoms with Crippen molar-refractivity contribution in [2.24, 2.45) is 0 Å². The van der Waals surface area contributed by atoms with Gasteiger partial charge in [0, 0.05) is 0 Å². The zero-order chi connectivity index (χ0) is 15.9. The van der Waals surface area contributed by atoms with Crippen molar-refractivity contribution in [3.8, 4) is 0 Å². The molecule has 2 aliphatic carbocycles. The molecule has 1 heterocycles. The number of halogens is 2. The Morgan fingerprint density at radius 2 is 1.81 bits per heavy atom.